The van der Waals surface area contributed by atoms with Crippen LogP contribution in [0.3, 0.4) is 0 Å². The largest absolute Gasteiger partial charge is 0.447 e. The highest BCUT2D eigenvalue weighted by Gasteiger charge is 2.30. The zero-order valence-corrected chi connectivity index (χ0v) is 13.1. The number of aromatic nitrogens is 3. The summed E-state index contributed by atoms with van der Waals surface area (Å²) in [7, 11) is 1.88. The van der Waals surface area contributed by atoms with Crippen LogP contribution >= 0.6 is 23.4 Å². The average molecular weight is 334 g/mol. The standard InChI is InChI=1S/C14H12ClN5OS/c1-16-9-5-3-2-4-8(9)12-17-18-14-20(12)19-13(22-14)10-6-7-11(15)21-10/h2-7,13,16,19H,1H3. The molecular weight excluding hydrogens is 322 g/mol. The van der Waals surface area contributed by atoms with Crippen LogP contribution in [-0.4, -0.2) is 21.9 Å². The first-order chi connectivity index (χ1) is 10.8. The van der Waals surface area contributed by atoms with Crippen LogP contribution in [0.5, 0.6) is 0 Å². The van der Waals surface area contributed by atoms with Crippen molar-refractivity contribution in [1.82, 2.24) is 14.9 Å². The molecule has 1 unspecified atom stereocenters. The van der Waals surface area contributed by atoms with Gasteiger partial charge in [-0.25, -0.2) is 4.68 Å². The Bertz CT molecular complexity index is 830. The topological polar surface area (TPSA) is 67.9 Å². The summed E-state index contributed by atoms with van der Waals surface area (Å²) < 4.78 is 7.34. The van der Waals surface area contributed by atoms with E-state index in [1.165, 1.54) is 11.8 Å². The van der Waals surface area contributed by atoms with Crippen LogP contribution in [0, 0.1) is 0 Å². The van der Waals surface area contributed by atoms with Gasteiger partial charge in [-0.05, 0) is 47.6 Å². The third kappa shape index (κ3) is 2.13. The van der Waals surface area contributed by atoms with Crippen LogP contribution in [0.2, 0.25) is 5.22 Å². The summed E-state index contributed by atoms with van der Waals surface area (Å²) in [5.41, 5.74) is 5.31. The van der Waals surface area contributed by atoms with Crippen molar-refractivity contribution in [3.63, 3.8) is 0 Å². The highest BCUT2D eigenvalue weighted by molar-refractivity contribution is 7.99. The summed E-state index contributed by atoms with van der Waals surface area (Å²) in [6, 6.07) is 11.6. The van der Waals surface area contributed by atoms with E-state index in [4.69, 9.17) is 16.0 Å². The van der Waals surface area contributed by atoms with E-state index in [1.807, 2.05) is 42.1 Å². The second-order valence-electron chi connectivity index (χ2n) is 4.71. The van der Waals surface area contributed by atoms with Gasteiger partial charge in [-0.2, -0.15) is 0 Å². The smallest absolute Gasteiger partial charge is 0.212 e. The zero-order valence-electron chi connectivity index (χ0n) is 11.6. The maximum Gasteiger partial charge on any atom is 0.212 e. The highest BCUT2D eigenvalue weighted by Crippen LogP contribution is 2.41. The molecule has 0 aliphatic carbocycles. The van der Waals surface area contributed by atoms with Crippen LogP contribution in [0.4, 0.5) is 5.69 Å². The fourth-order valence-electron chi connectivity index (χ4n) is 2.37. The van der Waals surface area contributed by atoms with Gasteiger partial charge < -0.3 is 15.2 Å². The van der Waals surface area contributed by atoms with Crippen molar-refractivity contribution in [3.8, 4) is 11.4 Å². The lowest BCUT2D eigenvalue weighted by Gasteiger charge is -2.11. The molecule has 112 valence electrons. The van der Waals surface area contributed by atoms with E-state index in [0.29, 0.717) is 5.22 Å². The maximum absolute atomic E-state index is 5.84. The predicted octanol–water partition coefficient (Wildman–Crippen LogP) is 3.58. The molecule has 3 aromatic rings. The van der Waals surface area contributed by atoms with Gasteiger partial charge in [0.1, 0.15) is 5.76 Å². The Morgan fingerprint density at radius 2 is 2.14 bits per heavy atom. The van der Waals surface area contributed by atoms with Crippen molar-refractivity contribution in [2.75, 3.05) is 17.8 Å². The third-order valence-electron chi connectivity index (χ3n) is 3.39. The molecule has 22 heavy (non-hydrogen) atoms. The van der Waals surface area contributed by atoms with E-state index < -0.39 is 0 Å². The van der Waals surface area contributed by atoms with E-state index in [0.717, 1.165) is 28.0 Å². The van der Waals surface area contributed by atoms with Crippen LogP contribution in [0.1, 0.15) is 11.1 Å². The first kappa shape index (κ1) is 13.5. The minimum Gasteiger partial charge on any atom is -0.447 e. The summed E-state index contributed by atoms with van der Waals surface area (Å²) in [6.45, 7) is 0. The number of fused-ring (bicyclic) bond motifs is 1. The number of thioether (sulfide) groups is 1. The van der Waals surface area contributed by atoms with E-state index >= 15 is 0 Å². The van der Waals surface area contributed by atoms with Crippen molar-refractivity contribution in [1.29, 1.82) is 0 Å². The predicted molar refractivity (Wildman–Crippen MR) is 86.7 cm³/mol. The number of benzene rings is 1. The Morgan fingerprint density at radius 1 is 1.27 bits per heavy atom. The summed E-state index contributed by atoms with van der Waals surface area (Å²) in [5, 5.41) is 12.8. The number of rotatable bonds is 3. The van der Waals surface area contributed by atoms with Gasteiger partial charge in [-0.3, -0.25) is 0 Å². The van der Waals surface area contributed by atoms with Crippen LogP contribution < -0.4 is 10.7 Å². The molecule has 1 aliphatic heterocycles. The molecule has 0 radical (unpaired) electrons. The molecule has 0 fully saturated rings. The molecule has 0 spiro atoms. The molecular formula is C14H12ClN5OS. The Labute approximate surface area is 135 Å². The Morgan fingerprint density at radius 3 is 2.91 bits per heavy atom. The number of para-hydroxylation sites is 1. The van der Waals surface area contributed by atoms with E-state index in [1.54, 1.807) is 6.07 Å². The molecule has 8 heteroatoms. The van der Waals surface area contributed by atoms with Crippen molar-refractivity contribution >= 4 is 29.1 Å². The molecule has 1 atom stereocenters. The van der Waals surface area contributed by atoms with E-state index in [-0.39, 0.29) is 5.37 Å². The van der Waals surface area contributed by atoms with Gasteiger partial charge >= 0.3 is 0 Å². The van der Waals surface area contributed by atoms with Crippen LogP contribution in [-0.2, 0) is 0 Å². The van der Waals surface area contributed by atoms with Crippen molar-refractivity contribution in [2.24, 2.45) is 0 Å². The molecule has 2 aromatic heterocycles. The summed E-state index contributed by atoms with van der Waals surface area (Å²) in [4.78, 5) is 0. The fraction of sp³-hybridized carbons (Fsp3) is 0.143. The molecule has 4 rings (SSSR count). The summed E-state index contributed by atoms with van der Waals surface area (Å²) >= 11 is 7.38. The molecule has 1 aromatic carbocycles. The second-order valence-corrected chi connectivity index (χ2v) is 6.15. The molecule has 3 heterocycles. The summed E-state index contributed by atoms with van der Waals surface area (Å²) in [5.74, 6) is 1.51. The number of hydrogen-bond donors (Lipinski definition) is 2. The quantitative estimate of drug-likeness (QED) is 0.763. The van der Waals surface area contributed by atoms with Gasteiger partial charge in [0.2, 0.25) is 5.16 Å². The highest BCUT2D eigenvalue weighted by atomic mass is 35.5. The maximum atomic E-state index is 5.84. The molecule has 6 nitrogen and oxygen atoms in total. The average Bonchev–Trinajstić information content (AvgIpc) is 3.21. The molecule has 0 amide bonds. The van der Waals surface area contributed by atoms with Gasteiger partial charge in [0.05, 0.1) is 0 Å². The molecule has 0 saturated heterocycles. The van der Waals surface area contributed by atoms with Crippen molar-refractivity contribution in [3.05, 3.63) is 47.4 Å². The minimum atomic E-state index is -0.0708. The van der Waals surface area contributed by atoms with Crippen LogP contribution in [0.25, 0.3) is 11.4 Å². The number of hydrogen-bond acceptors (Lipinski definition) is 6. The monoisotopic (exact) mass is 333 g/mol. The minimum absolute atomic E-state index is 0.0708. The Hall–Kier alpha value is -2.12. The zero-order chi connectivity index (χ0) is 15.1. The SMILES string of the molecule is CNc1ccccc1-c1nnc2n1NC(c1ccc(Cl)o1)S2. The number of nitrogens with one attached hydrogen (secondary N) is 2. The van der Waals surface area contributed by atoms with Crippen LogP contribution in [0.15, 0.2) is 46.0 Å². The van der Waals surface area contributed by atoms with Gasteiger partial charge in [0.25, 0.3) is 0 Å². The second kappa shape index (κ2) is 5.26. The molecule has 0 saturated carbocycles. The fourth-order valence-corrected chi connectivity index (χ4v) is 3.47. The van der Waals surface area contributed by atoms with Gasteiger partial charge in [0, 0.05) is 18.3 Å². The first-order valence-electron chi connectivity index (χ1n) is 6.67. The normalized spacial score (nSPS) is 16.4. The Kier molecular flexibility index (Phi) is 3.24. The number of halogens is 1. The summed E-state index contributed by atoms with van der Waals surface area (Å²) in [6.07, 6.45) is 0. The molecule has 1 aliphatic rings. The number of furan rings is 1. The lowest BCUT2D eigenvalue weighted by molar-refractivity contribution is 0.511. The van der Waals surface area contributed by atoms with Crippen molar-refractivity contribution in [2.45, 2.75) is 10.5 Å². The first-order valence-corrected chi connectivity index (χ1v) is 7.93. The number of anilines is 1. The van der Waals surface area contributed by atoms with Gasteiger partial charge in [-0.1, -0.05) is 12.1 Å². The van der Waals surface area contributed by atoms with Gasteiger partial charge in [-0.15, -0.1) is 10.2 Å². The van der Waals surface area contributed by atoms with E-state index in [9.17, 15) is 0 Å². The van der Waals surface area contributed by atoms with E-state index in [2.05, 4.69) is 20.9 Å². The number of nitrogens with zero attached hydrogens (tertiary/aromatic N) is 3. The lowest BCUT2D eigenvalue weighted by atomic mass is 10.1. The van der Waals surface area contributed by atoms with Gasteiger partial charge in [0.15, 0.2) is 16.4 Å². The molecule has 0 bridgehead atoms. The molecule has 2 N–H and O–H groups in total. The Balaban J connectivity index is 1.70. The van der Waals surface area contributed by atoms with Crippen molar-refractivity contribution < 1.29 is 4.42 Å². The third-order valence-corrected chi connectivity index (χ3v) is 4.64. The lowest BCUT2D eigenvalue weighted by Crippen LogP contribution is -2.13.